The highest BCUT2D eigenvalue weighted by Crippen LogP contribution is 2.18. The zero-order valence-corrected chi connectivity index (χ0v) is 21.1. The van der Waals surface area contributed by atoms with Gasteiger partial charge in [-0.2, -0.15) is 0 Å². The van der Waals surface area contributed by atoms with Crippen LogP contribution in [0.25, 0.3) is 0 Å². The highest BCUT2D eigenvalue weighted by atomic mass is 127. The second-order valence-corrected chi connectivity index (χ2v) is 7.85. The molecule has 1 fully saturated rings. The van der Waals surface area contributed by atoms with Crippen molar-refractivity contribution in [3.05, 3.63) is 58.2 Å². The molecule has 0 bridgehead atoms. The zero-order valence-electron chi connectivity index (χ0n) is 17.1. The van der Waals surface area contributed by atoms with Gasteiger partial charge in [-0.1, -0.05) is 34.1 Å². The van der Waals surface area contributed by atoms with Crippen molar-refractivity contribution in [3.63, 3.8) is 0 Å². The first kappa shape index (κ1) is 23.9. The van der Waals surface area contributed by atoms with Gasteiger partial charge < -0.3 is 19.9 Å². The fourth-order valence-corrected chi connectivity index (χ4v) is 3.70. The molecule has 1 atom stereocenters. The highest BCUT2D eigenvalue weighted by molar-refractivity contribution is 14.0. The molecule has 2 heterocycles. The average Bonchev–Trinajstić information content (AvgIpc) is 2.70. The van der Waals surface area contributed by atoms with Crippen molar-refractivity contribution in [2.75, 3.05) is 38.7 Å². The smallest absolute Gasteiger partial charge is 0.193 e. The van der Waals surface area contributed by atoms with E-state index in [4.69, 9.17) is 4.74 Å². The van der Waals surface area contributed by atoms with Gasteiger partial charge >= 0.3 is 0 Å². The lowest BCUT2D eigenvalue weighted by molar-refractivity contribution is 0.0529. The number of anilines is 1. The van der Waals surface area contributed by atoms with Gasteiger partial charge in [0.1, 0.15) is 5.82 Å². The fraction of sp³-hybridized carbons (Fsp3) is 0.429. The number of nitrogens with one attached hydrogen (secondary N) is 1. The number of halogens is 2. The largest absolute Gasteiger partial charge is 0.375 e. The number of rotatable bonds is 5. The molecule has 1 aliphatic heterocycles. The maximum atomic E-state index is 5.63. The molecule has 6 nitrogen and oxygen atoms in total. The van der Waals surface area contributed by atoms with Crippen LogP contribution >= 0.6 is 39.9 Å². The van der Waals surface area contributed by atoms with Crippen LogP contribution in [-0.2, 0) is 17.8 Å². The Kier molecular flexibility index (Phi) is 9.64. The van der Waals surface area contributed by atoms with Gasteiger partial charge in [0.15, 0.2) is 5.96 Å². The predicted octanol–water partition coefficient (Wildman–Crippen LogP) is 3.89. The van der Waals surface area contributed by atoms with Gasteiger partial charge in [0, 0.05) is 50.9 Å². The standard InChI is InChI=1S/C21H28BrN5O.HI/c1-16-14-27(10-11-28-16)20-12-17(8-9-24-20)13-25-21(23-2)26(3)15-18-6-4-5-7-19(18)22;/h4-9,12,16H,10-11,13-15H2,1-3H3,(H,23,25);1H. The van der Waals surface area contributed by atoms with E-state index in [-0.39, 0.29) is 30.1 Å². The molecule has 0 saturated carbocycles. The molecule has 1 aliphatic rings. The highest BCUT2D eigenvalue weighted by Gasteiger charge is 2.18. The number of aromatic nitrogens is 1. The molecule has 1 N–H and O–H groups in total. The second-order valence-electron chi connectivity index (χ2n) is 7.00. The lowest BCUT2D eigenvalue weighted by Crippen LogP contribution is -2.41. The normalized spacial score (nSPS) is 16.9. The molecule has 3 rings (SSSR count). The monoisotopic (exact) mass is 573 g/mol. The van der Waals surface area contributed by atoms with E-state index in [0.717, 1.165) is 42.5 Å². The number of nitrogens with zero attached hydrogens (tertiary/aromatic N) is 4. The summed E-state index contributed by atoms with van der Waals surface area (Å²) in [5, 5.41) is 3.45. The minimum atomic E-state index is 0. The summed E-state index contributed by atoms with van der Waals surface area (Å²) < 4.78 is 6.74. The van der Waals surface area contributed by atoms with Crippen LogP contribution in [0.15, 0.2) is 52.1 Å². The van der Waals surface area contributed by atoms with Crippen LogP contribution in [0.1, 0.15) is 18.1 Å². The van der Waals surface area contributed by atoms with Crippen LogP contribution in [0.5, 0.6) is 0 Å². The first-order chi connectivity index (χ1) is 13.6. The summed E-state index contributed by atoms with van der Waals surface area (Å²) in [6, 6.07) is 12.4. The number of guanidine groups is 1. The first-order valence-electron chi connectivity index (χ1n) is 9.53. The van der Waals surface area contributed by atoms with Crippen molar-refractivity contribution in [3.8, 4) is 0 Å². The first-order valence-corrected chi connectivity index (χ1v) is 10.3. The van der Waals surface area contributed by atoms with E-state index in [9.17, 15) is 0 Å². The van der Waals surface area contributed by atoms with Crippen molar-refractivity contribution < 1.29 is 4.74 Å². The maximum absolute atomic E-state index is 5.63. The summed E-state index contributed by atoms with van der Waals surface area (Å²) in [6.45, 7) is 6.07. The zero-order chi connectivity index (χ0) is 19.9. The third-order valence-corrected chi connectivity index (χ3v) is 5.54. The fourth-order valence-electron chi connectivity index (χ4n) is 3.29. The number of morpholine rings is 1. The minimum Gasteiger partial charge on any atom is -0.375 e. The molecule has 29 heavy (non-hydrogen) atoms. The van der Waals surface area contributed by atoms with E-state index in [2.05, 4.69) is 72.2 Å². The summed E-state index contributed by atoms with van der Waals surface area (Å²) >= 11 is 3.61. The number of ether oxygens (including phenoxy) is 1. The molecule has 0 spiro atoms. The number of hydrogen-bond donors (Lipinski definition) is 1. The summed E-state index contributed by atoms with van der Waals surface area (Å²) in [5.41, 5.74) is 2.40. The summed E-state index contributed by atoms with van der Waals surface area (Å²) in [7, 11) is 3.86. The molecule has 1 aromatic heterocycles. The van der Waals surface area contributed by atoms with Gasteiger partial charge in [-0.05, 0) is 36.2 Å². The molecular formula is C21H29BrIN5O. The van der Waals surface area contributed by atoms with E-state index < -0.39 is 0 Å². The molecule has 1 saturated heterocycles. The van der Waals surface area contributed by atoms with Crippen LogP contribution in [0.4, 0.5) is 5.82 Å². The summed E-state index contributed by atoms with van der Waals surface area (Å²) in [4.78, 5) is 13.4. The van der Waals surface area contributed by atoms with Crippen molar-refractivity contribution in [2.24, 2.45) is 4.99 Å². The van der Waals surface area contributed by atoms with Crippen molar-refractivity contribution in [1.29, 1.82) is 0 Å². The predicted molar refractivity (Wildman–Crippen MR) is 133 cm³/mol. The molecule has 1 unspecified atom stereocenters. The van der Waals surface area contributed by atoms with Crippen LogP contribution < -0.4 is 10.2 Å². The van der Waals surface area contributed by atoms with E-state index >= 15 is 0 Å². The third-order valence-electron chi connectivity index (χ3n) is 4.76. The summed E-state index contributed by atoms with van der Waals surface area (Å²) in [5.74, 6) is 1.86. The van der Waals surface area contributed by atoms with Crippen LogP contribution in [0.2, 0.25) is 0 Å². The Balaban J connectivity index is 0.00000300. The molecule has 158 valence electrons. The van der Waals surface area contributed by atoms with Gasteiger partial charge in [-0.15, -0.1) is 24.0 Å². The average molecular weight is 574 g/mol. The lowest BCUT2D eigenvalue weighted by atomic mass is 10.2. The van der Waals surface area contributed by atoms with Gasteiger partial charge in [-0.3, -0.25) is 4.99 Å². The molecule has 1 aromatic carbocycles. The number of benzene rings is 1. The Morgan fingerprint density at radius 3 is 2.90 bits per heavy atom. The SMILES string of the molecule is CN=C(NCc1ccnc(N2CCOC(C)C2)c1)N(C)Cc1ccccc1Br.I. The number of pyridine rings is 1. The van der Waals surface area contributed by atoms with E-state index in [1.165, 1.54) is 11.1 Å². The van der Waals surface area contributed by atoms with Gasteiger partial charge in [0.05, 0.1) is 12.7 Å². The Hall–Kier alpha value is -1.39. The molecular weight excluding hydrogens is 545 g/mol. The molecule has 2 aromatic rings. The quantitative estimate of drug-likeness (QED) is 0.334. The minimum absolute atomic E-state index is 0. The van der Waals surface area contributed by atoms with E-state index in [1.54, 1.807) is 0 Å². The lowest BCUT2D eigenvalue weighted by Gasteiger charge is -2.32. The van der Waals surface area contributed by atoms with Crippen LogP contribution in [-0.4, -0.2) is 55.7 Å². The van der Waals surface area contributed by atoms with Crippen molar-refractivity contribution in [1.82, 2.24) is 15.2 Å². The van der Waals surface area contributed by atoms with Crippen LogP contribution in [0.3, 0.4) is 0 Å². The Labute approximate surface area is 198 Å². The Morgan fingerprint density at radius 2 is 2.17 bits per heavy atom. The van der Waals surface area contributed by atoms with Gasteiger partial charge in [0.25, 0.3) is 0 Å². The van der Waals surface area contributed by atoms with Gasteiger partial charge in [-0.25, -0.2) is 4.98 Å². The molecule has 0 amide bonds. The topological polar surface area (TPSA) is 53.0 Å². The third kappa shape index (κ3) is 6.82. The number of aliphatic imine (C=N–C) groups is 1. The van der Waals surface area contributed by atoms with Crippen molar-refractivity contribution >= 4 is 51.7 Å². The molecule has 0 aliphatic carbocycles. The van der Waals surface area contributed by atoms with Crippen LogP contribution in [0, 0.1) is 0 Å². The second kappa shape index (κ2) is 11.7. The Bertz CT molecular complexity index is 819. The van der Waals surface area contributed by atoms with Crippen molar-refractivity contribution in [2.45, 2.75) is 26.1 Å². The Morgan fingerprint density at radius 1 is 1.38 bits per heavy atom. The maximum Gasteiger partial charge on any atom is 0.193 e. The van der Waals surface area contributed by atoms with Gasteiger partial charge in [0.2, 0.25) is 0 Å². The molecule has 8 heteroatoms. The van der Waals surface area contributed by atoms with E-state index in [1.807, 2.05) is 32.4 Å². The number of hydrogen-bond acceptors (Lipinski definition) is 4. The molecule has 0 radical (unpaired) electrons. The summed E-state index contributed by atoms with van der Waals surface area (Å²) in [6.07, 6.45) is 2.11. The van der Waals surface area contributed by atoms with E-state index in [0.29, 0.717) is 6.54 Å².